The zero-order valence-corrected chi connectivity index (χ0v) is 12.4. The van der Waals surface area contributed by atoms with Gasteiger partial charge in [0.05, 0.1) is 4.90 Å². The van der Waals surface area contributed by atoms with E-state index < -0.39 is 9.05 Å². The molecular formula is C12H18Cl2O2S. The van der Waals surface area contributed by atoms with Crippen molar-refractivity contribution in [2.45, 2.75) is 38.0 Å². The van der Waals surface area contributed by atoms with Crippen molar-refractivity contribution in [2.24, 2.45) is 0 Å². The first kappa shape index (κ1) is 16.8. The summed E-state index contributed by atoms with van der Waals surface area (Å²) in [5.74, 6) is 0.827. The van der Waals surface area contributed by atoms with E-state index in [9.17, 15) is 8.42 Å². The third-order valence-corrected chi connectivity index (χ3v) is 3.68. The van der Waals surface area contributed by atoms with Crippen molar-refractivity contribution >= 4 is 31.3 Å². The Morgan fingerprint density at radius 2 is 1.65 bits per heavy atom. The maximum absolute atomic E-state index is 10.7. The van der Waals surface area contributed by atoms with E-state index in [4.69, 9.17) is 22.3 Å². The Morgan fingerprint density at radius 1 is 1.12 bits per heavy atom. The van der Waals surface area contributed by atoms with Crippen LogP contribution < -0.4 is 0 Å². The minimum Gasteiger partial charge on any atom is -0.207 e. The molecule has 0 bridgehead atoms. The second-order valence-electron chi connectivity index (χ2n) is 3.65. The minimum atomic E-state index is -3.55. The van der Waals surface area contributed by atoms with Gasteiger partial charge in [0, 0.05) is 16.6 Å². The highest BCUT2D eigenvalue weighted by Crippen LogP contribution is 2.14. The van der Waals surface area contributed by atoms with Gasteiger partial charge in [0.25, 0.3) is 9.05 Å². The lowest BCUT2D eigenvalue weighted by atomic mass is 10.2. The van der Waals surface area contributed by atoms with Gasteiger partial charge in [-0.25, -0.2) is 8.42 Å². The van der Waals surface area contributed by atoms with Crippen LogP contribution in [0.2, 0.25) is 0 Å². The van der Waals surface area contributed by atoms with Crippen molar-refractivity contribution in [3.8, 4) is 0 Å². The Balaban J connectivity index is 0.000000366. The Morgan fingerprint density at radius 3 is 1.94 bits per heavy atom. The highest BCUT2D eigenvalue weighted by molar-refractivity contribution is 8.13. The van der Waals surface area contributed by atoms with Crippen LogP contribution in [0.15, 0.2) is 29.2 Å². The van der Waals surface area contributed by atoms with E-state index in [1.54, 1.807) is 12.1 Å². The average molecular weight is 297 g/mol. The molecular weight excluding hydrogens is 279 g/mol. The van der Waals surface area contributed by atoms with E-state index in [1.165, 1.54) is 31.4 Å². The van der Waals surface area contributed by atoms with E-state index in [0.29, 0.717) is 0 Å². The standard InChI is InChI=1S/C7H7ClO2S.C5H11Cl/c1-6-2-4-7(5-3-6)11(8,9)10;1-2-3-4-5-6/h2-5H,1H3;2-5H2,1H3. The molecule has 0 heterocycles. The van der Waals surface area contributed by atoms with Crippen LogP contribution in [0.4, 0.5) is 0 Å². The molecule has 0 amide bonds. The fraction of sp³-hybridized carbons (Fsp3) is 0.500. The van der Waals surface area contributed by atoms with Crippen molar-refractivity contribution in [3.63, 3.8) is 0 Å². The molecule has 0 aromatic heterocycles. The number of alkyl halides is 1. The van der Waals surface area contributed by atoms with Crippen LogP contribution in [0.1, 0.15) is 31.7 Å². The normalized spacial score (nSPS) is 10.6. The van der Waals surface area contributed by atoms with Gasteiger partial charge >= 0.3 is 0 Å². The molecule has 0 unspecified atom stereocenters. The topological polar surface area (TPSA) is 34.1 Å². The zero-order chi connectivity index (χ0) is 13.3. The molecule has 0 saturated heterocycles. The number of halogens is 2. The van der Waals surface area contributed by atoms with Crippen molar-refractivity contribution in [1.29, 1.82) is 0 Å². The summed E-state index contributed by atoms with van der Waals surface area (Å²) in [6, 6.07) is 6.37. The predicted octanol–water partition coefficient (Wildman–Crippen LogP) is 4.34. The molecule has 0 spiro atoms. The summed E-state index contributed by atoms with van der Waals surface area (Å²) in [5.41, 5.74) is 1.01. The van der Waals surface area contributed by atoms with Gasteiger partial charge in [-0.2, -0.15) is 0 Å². The van der Waals surface area contributed by atoms with Crippen LogP contribution in [0, 0.1) is 6.92 Å². The average Bonchev–Trinajstić information content (AvgIpc) is 2.26. The van der Waals surface area contributed by atoms with Crippen molar-refractivity contribution in [1.82, 2.24) is 0 Å². The number of benzene rings is 1. The Kier molecular flexibility index (Phi) is 8.66. The fourth-order valence-electron chi connectivity index (χ4n) is 1.05. The summed E-state index contributed by atoms with van der Waals surface area (Å²) in [4.78, 5) is 0.143. The Hall–Kier alpha value is -0.250. The zero-order valence-electron chi connectivity index (χ0n) is 10.1. The molecule has 0 atom stereocenters. The quantitative estimate of drug-likeness (QED) is 0.470. The summed E-state index contributed by atoms with van der Waals surface area (Å²) < 4.78 is 21.4. The van der Waals surface area contributed by atoms with Gasteiger partial charge in [0.1, 0.15) is 0 Å². The molecule has 0 aliphatic rings. The third kappa shape index (κ3) is 8.47. The van der Waals surface area contributed by atoms with Gasteiger partial charge in [-0.1, -0.05) is 37.5 Å². The van der Waals surface area contributed by atoms with Gasteiger partial charge < -0.3 is 0 Å². The highest BCUT2D eigenvalue weighted by Gasteiger charge is 2.07. The van der Waals surface area contributed by atoms with Crippen LogP contribution in [-0.2, 0) is 9.05 Å². The lowest BCUT2D eigenvalue weighted by molar-refractivity contribution is 0.609. The molecule has 1 aromatic carbocycles. The summed E-state index contributed by atoms with van der Waals surface area (Å²) in [7, 11) is 1.54. The van der Waals surface area contributed by atoms with Gasteiger partial charge in [0.15, 0.2) is 0 Å². The number of hydrogen-bond acceptors (Lipinski definition) is 2. The Labute approximate surface area is 113 Å². The molecule has 1 rings (SSSR count). The van der Waals surface area contributed by atoms with Crippen LogP contribution in [-0.4, -0.2) is 14.3 Å². The summed E-state index contributed by atoms with van der Waals surface area (Å²) in [6.45, 7) is 4.05. The van der Waals surface area contributed by atoms with E-state index in [-0.39, 0.29) is 4.90 Å². The molecule has 0 N–H and O–H groups in total. The monoisotopic (exact) mass is 296 g/mol. The largest absolute Gasteiger partial charge is 0.261 e. The van der Waals surface area contributed by atoms with Gasteiger partial charge in [-0.15, -0.1) is 11.6 Å². The SMILES string of the molecule is CCCCCCl.Cc1ccc(S(=O)(=O)Cl)cc1. The second kappa shape index (κ2) is 8.78. The summed E-state index contributed by atoms with van der Waals surface area (Å²) in [6.07, 6.45) is 3.73. The third-order valence-electron chi connectivity index (χ3n) is 2.04. The van der Waals surface area contributed by atoms with Gasteiger partial charge in [0.2, 0.25) is 0 Å². The maximum atomic E-state index is 10.7. The van der Waals surface area contributed by atoms with Crippen LogP contribution >= 0.6 is 22.3 Å². The first-order valence-corrected chi connectivity index (χ1v) is 8.33. The van der Waals surface area contributed by atoms with E-state index >= 15 is 0 Å². The number of rotatable bonds is 4. The minimum absolute atomic E-state index is 0.143. The second-order valence-corrected chi connectivity index (χ2v) is 6.59. The fourth-order valence-corrected chi connectivity index (χ4v) is 2.00. The van der Waals surface area contributed by atoms with E-state index in [1.807, 2.05) is 6.92 Å². The molecule has 0 fully saturated rings. The lowest BCUT2D eigenvalue weighted by Crippen LogP contribution is -1.89. The highest BCUT2D eigenvalue weighted by atomic mass is 35.7. The first-order chi connectivity index (χ1) is 7.91. The van der Waals surface area contributed by atoms with Gasteiger partial charge in [-0.05, 0) is 25.5 Å². The van der Waals surface area contributed by atoms with Crippen molar-refractivity contribution in [3.05, 3.63) is 29.8 Å². The van der Waals surface area contributed by atoms with Crippen molar-refractivity contribution < 1.29 is 8.42 Å². The Bertz CT molecular complexity index is 395. The smallest absolute Gasteiger partial charge is 0.207 e. The molecule has 0 aliphatic carbocycles. The molecule has 5 heteroatoms. The molecule has 0 radical (unpaired) electrons. The maximum Gasteiger partial charge on any atom is 0.261 e. The van der Waals surface area contributed by atoms with Crippen LogP contribution in [0.25, 0.3) is 0 Å². The van der Waals surface area contributed by atoms with Gasteiger partial charge in [-0.3, -0.25) is 0 Å². The number of unbranched alkanes of at least 4 members (excludes halogenated alkanes) is 2. The van der Waals surface area contributed by atoms with E-state index in [2.05, 4.69) is 6.92 Å². The molecule has 98 valence electrons. The van der Waals surface area contributed by atoms with Crippen molar-refractivity contribution in [2.75, 3.05) is 5.88 Å². The summed E-state index contributed by atoms with van der Waals surface area (Å²) in [5, 5.41) is 0. The van der Waals surface area contributed by atoms with E-state index in [0.717, 1.165) is 11.4 Å². The summed E-state index contributed by atoms with van der Waals surface area (Å²) >= 11 is 5.38. The predicted molar refractivity (Wildman–Crippen MR) is 74.5 cm³/mol. The number of hydrogen-bond donors (Lipinski definition) is 0. The van der Waals surface area contributed by atoms with Crippen LogP contribution in [0.3, 0.4) is 0 Å². The molecule has 0 saturated carbocycles. The first-order valence-electron chi connectivity index (χ1n) is 5.49. The number of aryl methyl sites for hydroxylation is 1. The molecule has 17 heavy (non-hydrogen) atoms. The molecule has 2 nitrogen and oxygen atoms in total. The molecule has 0 aliphatic heterocycles. The lowest BCUT2D eigenvalue weighted by Gasteiger charge is -1.94. The van der Waals surface area contributed by atoms with Crippen LogP contribution in [0.5, 0.6) is 0 Å². The molecule has 1 aromatic rings.